The normalized spacial score (nSPS) is 11.8. The largest absolute Gasteiger partial charge is 0.508 e. The molecule has 0 bridgehead atoms. The van der Waals surface area contributed by atoms with Crippen molar-refractivity contribution < 1.29 is 14.2 Å². The molecule has 0 aliphatic rings. The van der Waals surface area contributed by atoms with Crippen molar-refractivity contribution in [2.75, 3.05) is 5.32 Å². The van der Waals surface area contributed by atoms with Gasteiger partial charge in [-0.2, -0.15) is 0 Å². The first-order chi connectivity index (χ1) is 12.1. The number of halogens is 1. The molecule has 128 valence electrons. The van der Waals surface area contributed by atoms with E-state index in [9.17, 15) is 9.50 Å². The van der Waals surface area contributed by atoms with Crippen molar-refractivity contribution in [1.82, 2.24) is 0 Å². The molecule has 3 aromatic carbocycles. The van der Waals surface area contributed by atoms with E-state index in [0.717, 1.165) is 11.3 Å². The summed E-state index contributed by atoms with van der Waals surface area (Å²) in [5.74, 6) is 0.673. The monoisotopic (exact) mass is 337 g/mol. The zero-order valence-corrected chi connectivity index (χ0v) is 13.9. The van der Waals surface area contributed by atoms with Crippen molar-refractivity contribution in [3.05, 3.63) is 89.7 Å². The molecule has 3 aromatic rings. The minimum absolute atomic E-state index is 0.230. The number of anilines is 1. The Kier molecular flexibility index (Phi) is 5.19. The van der Waals surface area contributed by atoms with Crippen LogP contribution in [0.25, 0.3) is 0 Å². The van der Waals surface area contributed by atoms with E-state index < -0.39 is 6.10 Å². The molecule has 25 heavy (non-hydrogen) atoms. The fraction of sp³-hybridized carbons (Fsp3) is 0.143. The first-order valence-corrected chi connectivity index (χ1v) is 8.15. The van der Waals surface area contributed by atoms with Gasteiger partial charge in [-0.05, 0) is 43.3 Å². The number of aromatic hydroxyl groups is 1. The molecule has 0 fully saturated rings. The average molecular weight is 337 g/mol. The summed E-state index contributed by atoms with van der Waals surface area (Å²) in [7, 11) is 0. The highest BCUT2D eigenvalue weighted by molar-refractivity contribution is 5.47. The number of hydrogen-bond acceptors (Lipinski definition) is 3. The smallest absolute Gasteiger partial charge is 0.130 e. The maximum absolute atomic E-state index is 13.9. The van der Waals surface area contributed by atoms with Crippen LogP contribution in [0.3, 0.4) is 0 Å². The van der Waals surface area contributed by atoms with Crippen molar-refractivity contribution in [3.63, 3.8) is 0 Å². The Morgan fingerprint density at radius 3 is 2.40 bits per heavy atom. The quantitative estimate of drug-likeness (QED) is 0.601. The van der Waals surface area contributed by atoms with E-state index in [4.69, 9.17) is 4.74 Å². The maximum atomic E-state index is 13.9. The van der Waals surface area contributed by atoms with Crippen LogP contribution in [0.5, 0.6) is 11.5 Å². The molecule has 4 heteroatoms. The molecule has 3 nitrogen and oxygen atoms in total. The molecule has 0 aliphatic carbocycles. The van der Waals surface area contributed by atoms with Gasteiger partial charge in [-0.1, -0.05) is 36.4 Å². The highest BCUT2D eigenvalue weighted by Gasteiger charge is 2.13. The Morgan fingerprint density at radius 2 is 1.64 bits per heavy atom. The number of benzene rings is 3. The zero-order chi connectivity index (χ0) is 17.6. The van der Waals surface area contributed by atoms with Gasteiger partial charge in [0.15, 0.2) is 0 Å². The second-order valence-corrected chi connectivity index (χ2v) is 5.79. The van der Waals surface area contributed by atoms with Crippen LogP contribution in [-0.2, 0) is 6.54 Å². The summed E-state index contributed by atoms with van der Waals surface area (Å²) in [5.41, 5.74) is 2.40. The highest BCUT2D eigenvalue weighted by atomic mass is 19.1. The standard InChI is InChI=1S/C21H20FNO2/c1-15(19-7-3-4-8-20(19)22)25-21-9-5-2-6-16(21)14-23-17-10-12-18(24)13-11-17/h2-13,15,23-24H,14H2,1H3. The van der Waals surface area contributed by atoms with Gasteiger partial charge >= 0.3 is 0 Å². The molecule has 2 N–H and O–H groups in total. The first kappa shape index (κ1) is 16.8. The molecule has 3 rings (SSSR count). The van der Waals surface area contributed by atoms with Gasteiger partial charge in [-0.15, -0.1) is 0 Å². The van der Waals surface area contributed by atoms with Gasteiger partial charge in [0.25, 0.3) is 0 Å². The Balaban J connectivity index is 1.72. The second-order valence-electron chi connectivity index (χ2n) is 5.79. The number of para-hydroxylation sites is 1. The van der Waals surface area contributed by atoms with Crippen LogP contribution < -0.4 is 10.1 Å². The fourth-order valence-electron chi connectivity index (χ4n) is 2.60. The van der Waals surface area contributed by atoms with Gasteiger partial charge in [0, 0.05) is 23.4 Å². The Morgan fingerprint density at radius 1 is 0.960 bits per heavy atom. The number of hydrogen-bond donors (Lipinski definition) is 2. The number of phenols is 1. The lowest BCUT2D eigenvalue weighted by Gasteiger charge is -2.18. The van der Waals surface area contributed by atoms with Crippen molar-refractivity contribution in [3.8, 4) is 11.5 Å². The fourth-order valence-corrected chi connectivity index (χ4v) is 2.60. The molecular weight excluding hydrogens is 317 g/mol. The highest BCUT2D eigenvalue weighted by Crippen LogP contribution is 2.27. The predicted octanol–water partition coefficient (Wildman–Crippen LogP) is 5.28. The van der Waals surface area contributed by atoms with E-state index in [0.29, 0.717) is 17.9 Å². The van der Waals surface area contributed by atoms with Crippen LogP contribution in [0.1, 0.15) is 24.2 Å². The molecule has 0 saturated carbocycles. The minimum Gasteiger partial charge on any atom is -0.508 e. The van der Waals surface area contributed by atoms with E-state index in [2.05, 4.69) is 5.32 Å². The lowest BCUT2D eigenvalue weighted by atomic mass is 10.1. The van der Waals surface area contributed by atoms with E-state index in [1.165, 1.54) is 6.07 Å². The molecule has 0 spiro atoms. The van der Waals surface area contributed by atoms with Crippen molar-refractivity contribution in [1.29, 1.82) is 0 Å². The molecule has 0 aromatic heterocycles. The van der Waals surface area contributed by atoms with E-state index >= 15 is 0 Å². The molecule has 0 saturated heterocycles. The lowest BCUT2D eigenvalue weighted by Crippen LogP contribution is -2.08. The third-order valence-electron chi connectivity index (χ3n) is 3.97. The van der Waals surface area contributed by atoms with Gasteiger partial charge in [0.05, 0.1) is 0 Å². The summed E-state index contributed by atoms with van der Waals surface area (Å²) in [6.07, 6.45) is -0.393. The zero-order valence-electron chi connectivity index (χ0n) is 13.9. The third kappa shape index (κ3) is 4.29. The molecule has 0 aliphatic heterocycles. The first-order valence-electron chi connectivity index (χ1n) is 8.15. The van der Waals surface area contributed by atoms with Crippen LogP contribution in [0, 0.1) is 5.82 Å². The topological polar surface area (TPSA) is 41.5 Å². The van der Waals surface area contributed by atoms with E-state index in [-0.39, 0.29) is 11.6 Å². The van der Waals surface area contributed by atoms with Crippen LogP contribution in [-0.4, -0.2) is 5.11 Å². The number of ether oxygens (including phenoxy) is 1. The average Bonchev–Trinajstić information content (AvgIpc) is 2.62. The molecule has 0 radical (unpaired) electrons. The number of rotatable bonds is 6. The SMILES string of the molecule is CC(Oc1ccccc1CNc1ccc(O)cc1)c1ccccc1F. The van der Waals surface area contributed by atoms with Crippen LogP contribution in [0.4, 0.5) is 10.1 Å². The van der Waals surface area contributed by atoms with E-state index in [1.807, 2.05) is 31.2 Å². The maximum Gasteiger partial charge on any atom is 0.130 e. The van der Waals surface area contributed by atoms with Crippen LogP contribution >= 0.6 is 0 Å². The third-order valence-corrected chi connectivity index (χ3v) is 3.97. The van der Waals surface area contributed by atoms with Gasteiger partial charge in [0.2, 0.25) is 0 Å². The number of nitrogens with one attached hydrogen (secondary N) is 1. The Bertz CT molecular complexity index is 833. The van der Waals surface area contributed by atoms with E-state index in [1.54, 1.807) is 42.5 Å². The molecular formula is C21H20FNO2. The van der Waals surface area contributed by atoms with Crippen LogP contribution in [0.15, 0.2) is 72.8 Å². The summed E-state index contributed by atoms with van der Waals surface area (Å²) >= 11 is 0. The number of phenolic OH excluding ortho intramolecular Hbond substituents is 1. The molecule has 1 unspecified atom stereocenters. The van der Waals surface area contributed by atoms with Gasteiger partial charge in [-0.25, -0.2) is 4.39 Å². The molecule has 0 heterocycles. The minimum atomic E-state index is -0.393. The molecule has 0 amide bonds. The van der Waals surface area contributed by atoms with Crippen molar-refractivity contribution in [2.45, 2.75) is 19.6 Å². The van der Waals surface area contributed by atoms with Gasteiger partial charge in [0.1, 0.15) is 23.4 Å². The molecule has 1 atom stereocenters. The van der Waals surface area contributed by atoms with Crippen LogP contribution in [0.2, 0.25) is 0 Å². The summed E-state index contributed by atoms with van der Waals surface area (Å²) in [6, 6.07) is 21.2. The Hall–Kier alpha value is -3.01. The van der Waals surface area contributed by atoms with Crippen molar-refractivity contribution >= 4 is 5.69 Å². The van der Waals surface area contributed by atoms with Gasteiger partial charge < -0.3 is 15.2 Å². The Labute approximate surface area is 146 Å². The second kappa shape index (κ2) is 7.71. The van der Waals surface area contributed by atoms with Gasteiger partial charge in [-0.3, -0.25) is 0 Å². The summed E-state index contributed by atoms with van der Waals surface area (Å²) in [6.45, 7) is 2.40. The summed E-state index contributed by atoms with van der Waals surface area (Å²) < 4.78 is 19.9. The summed E-state index contributed by atoms with van der Waals surface area (Å²) in [4.78, 5) is 0. The predicted molar refractivity (Wildman–Crippen MR) is 97.3 cm³/mol. The van der Waals surface area contributed by atoms with Crippen molar-refractivity contribution in [2.24, 2.45) is 0 Å². The summed E-state index contributed by atoms with van der Waals surface area (Å²) in [5, 5.41) is 12.6. The lowest BCUT2D eigenvalue weighted by molar-refractivity contribution is 0.219.